The van der Waals surface area contributed by atoms with Crippen LogP contribution in [0.2, 0.25) is 0 Å². The van der Waals surface area contributed by atoms with Gasteiger partial charge in [0.05, 0.1) is 30.6 Å². The van der Waals surface area contributed by atoms with Crippen molar-refractivity contribution in [1.29, 1.82) is 0 Å². The number of likely N-dealkylation sites (tertiary alicyclic amines) is 1. The van der Waals surface area contributed by atoms with Gasteiger partial charge >= 0.3 is 5.69 Å². The number of aromatic nitrogens is 2. The monoisotopic (exact) mass is 443 g/mol. The van der Waals surface area contributed by atoms with Crippen molar-refractivity contribution < 1.29 is 9.53 Å². The first-order valence-corrected chi connectivity index (χ1v) is 10.1. The molecular weight excluding hydrogens is 422 g/mol. The molecular formula is C21H22BrN3O3. The molecule has 146 valence electrons. The molecule has 0 unspecified atom stereocenters. The zero-order valence-electron chi connectivity index (χ0n) is 15.7. The fourth-order valence-electron chi connectivity index (χ4n) is 3.92. The van der Waals surface area contributed by atoms with Crippen molar-refractivity contribution >= 4 is 32.9 Å². The number of carbonyl (C=O) groups excluding carboxylic acids is 1. The Bertz CT molecular complexity index is 1070. The van der Waals surface area contributed by atoms with Gasteiger partial charge in [0.25, 0.3) is 0 Å². The molecule has 1 fully saturated rings. The minimum Gasteiger partial charge on any atom is -0.497 e. The number of H-pyrrole nitrogens is 1. The van der Waals surface area contributed by atoms with Crippen LogP contribution in [0.4, 0.5) is 0 Å². The Morgan fingerprint density at radius 3 is 2.96 bits per heavy atom. The van der Waals surface area contributed by atoms with E-state index in [1.165, 1.54) is 0 Å². The van der Waals surface area contributed by atoms with Gasteiger partial charge in [0, 0.05) is 17.6 Å². The zero-order valence-corrected chi connectivity index (χ0v) is 17.2. The van der Waals surface area contributed by atoms with Gasteiger partial charge in [0.15, 0.2) is 0 Å². The Morgan fingerprint density at radius 1 is 1.29 bits per heavy atom. The van der Waals surface area contributed by atoms with Crippen molar-refractivity contribution in [3.8, 4) is 5.75 Å². The number of carbonyl (C=O) groups is 1. The number of halogens is 1. The van der Waals surface area contributed by atoms with Gasteiger partial charge in [-0.3, -0.25) is 9.36 Å². The lowest BCUT2D eigenvalue weighted by Crippen LogP contribution is -2.43. The smallest absolute Gasteiger partial charge is 0.326 e. The van der Waals surface area contributed by atoms with Crippen molar-refractivity contribution in [1.82, 2.24) is 14.5 Å². The third-order valence-electron chi connectivity index (χ3n) is 5.28. The molecule has 7 heteroatoms. The van der Waals surface area contributed by atoms with Crippen LogP contribution in [0.25, 0.3) is 11.0 Å². The minimum absolute atomic E-state index is 0.0291. The average molecular weight is 444 g/mol. The Hall–Kier alpha value is -2.54. The molecule has 1 amide bonds. The van der Waals surface area contributed by atoms with Gasteiger partial charge < -0.3 is 14.6 Å². The summed E-state index contributed by atoms with van der Waals surface area (Å²) in [6, 6.07) is 13.3. The first-order valence-electron chi connectivity index (χ1n) is 9.35. The van der Waals surface area contributed by atoms with Crippen LogP contribution < -0.4 is 10.4 Å². The summed E-state index contributed by atoms with van der Waals surface area (Å²) in [5.41, 5.74) is 2.49. The second kappa shape index (κ2) is 7.83. The summed E-state index contributed by atoms with van der Waals surface area (Å²) < 4.78 is 7.96. The van der Waals surface area contributed by atoms with Crippen LogP contribution in [0.3, 0.4) is 0 Å². The summed E-state index contributed by atoms with van der Waals surface area (Å²) in [6.07, 6.45) is 2.09. The molecule has 0 aliphatic carbocycles. The first kappa shape index (κ1) is 18.8. The number of fused-ring (bicyclic) bond motifs is 1. The lowest BCUT2D eigenvalue weighted by Gasteiger charge is -2.33. The summed E-state index contributed by atoms with van der Waals surface area (Å²) in [4.78, 5) is 30.2. The highest BCUT2D eigenvalue weighted by molar-refractivity contribution is 9.10. The summed E-state index contributed by atoms with van der Waals surface area (Å²) in [6.45, 7) is 1.27. The SMILES string of the molecule is COc1cccc(CC(=O)N2CCC[C@H](n3c(=O)[nH]c4ccc(Br)cc43)C2)c1. The van der Waals surface area contributed by atoms with Crippen LogP contribution in [0.1, 0.15) is 24.4 Å². The number of imidazole rings is 1. The van der Waals surface area contributed by atoms with Crippen molar-refractivity contribution in [2.24, 2.45) is 0 Å². The van der Waals surface area contributed by atoms with Crippen LogP contribution in [0, 0.1) is 0 Å². The van der Waals surface area contributed by atoms with Crippen molar-refractivity contribution in [2.75, 3.05) is 20.2 Å². The molecule has 1 saturated heterocycles. The predicted octanol–water partition coefficient (Wildman–Crippen LogP) is 3.51. The van der Waals surface area contributed by atoms with Gasteiger partial charge in [-0.1, -0.05) is 28.1 Å². The fourth-order valence-corrected chi connectivity index (χ4v) is 4.27. The number of nitrogens with zero attached hydrogens (tertiary/aromatic N) is 2. The maximum Gasteiger partial charge on any atom is 0.326 e. The zero-order chi connectivity index (χ0) is 19.7. The topological polar surface area (TPSA) is 67.3 Å². The van der Waals surface area contributed by atoms with Crippen LogP contribution in [-0.2, 0) is 11.2 Å². The van der Waals surface area contributed by atoms with Crippen molar-refractivity contribution in [3.05, 3.63) is 63.0 Å². The average Bonchev–Trinajstić information content (AvgIpc) is 3.03. The van der Waals surface area contributed by atoms with Crippen LogP contribution in [0.15, 0.2) is 51.7 Å². The number of benzene rings is 2. The predicted molar refractivity (Wildman–Crippen MR) is 112 cm³/mol. The molecule has 0 bridgehead atoms. The second-order valence-electron chi connectivity index (χ2n) is 7.13. The van der Waals surface area contributed by atoms with Crippen molar-refractivity contribution in [3.63, 3.8) is 0 Å². The number of piperidine rings is 1. The van der Waals surface area contributed by atoms with Crippen LogP contribution >= 0.6 is 15.9 Å². The lowest BCUT2D eigenvalue weighted by molar-refractivity contribution is -0.132. The molecule has 3 aromatic rings. The highest BCUT2D eigenvalue weighted by Gasteiger charge is 2.27. The van der Waals surface area contributed by atoms with Gasteiger partial charge in [-0.2, -0.15) is 0 Å². The third-order valence-corrected chi connectivity index (χ3v) is 5.78. The lowest BCUT2D eigenvalue weighted by atomic mass is 10.0. The molecule has 2 heterocycles. The quantitative estimate of drug-likeness (QED) is 0.670. The number of methoxy groups -OCH3 is 1. The highest BCUT2D eigenvalue weighted by atomic mass is 79.9. The van der Waals surface area contributed by atoms with E-state index in [0.29, 0.717) is 13.0 Å². The number of ether oxygens (including phenoxy) is 1. The van der Waals surface area contributed by atoms with Gasteiger partial charge in [-0.05, 0) is 48.7 Å². The Kier molecular flexibility index (Phi) is 5.26. The maximum atomic E-state index is 12.9. The van der Waals surface area contributed by atoms with Gasteiger partial charge in [-0.15, -0.1) is 0 Å². The van der Waals surface area contributed by atoms with E-state index in [4.69, 9.17) is 4.74 Å². The Labute approximate surface area is 171 Å². The van der Waals surface area contributed by atoms with E-state index in [1.807, 2.05) is 47.4 Å². The van der Waals surface area contributed by atoms with Crippen LogP contribution in [0.5, 0.6) is 5.75 Å². The fraction of sp³-hybridized carbons (Fsp3) is 0.333. The first-order chi connectivity index (χ1) is 13.5. The standard InChI is InChI=1S/C21H22BrN3O3/c1-28-17-6-2-4-14(10-17)11-20(26)24-9-3-5-16(13-24)25-19-12-15(22)7-8-18(19)23-21(25)27/h2,4,6-8,10,12,16H,3,5,9,11,13H2,1H3,(H,23,27)/t16-/m0/s1. The molecule has 1 aromatic heterocycles. The van der Waals surface area contributed by atoms with Gasteiger partial charge in [-0.25, -0.2) is 4.79 Å². The van der Waals surface area contributed by atoms with E-state index >= 15 is 0 Å². The molecule has 6 nitrogen and oxygen atoms in total. The number of rotatable bonds is 4. The summed E-state index contributed by atoms with van der Waals surface area (Å²) in [5.74, 6) is 0.824. The molecule has 0 saturated carbocycles. The molecule has 1 atom stereocenters. The maximum absolute atomic E-state index is 12.9. The molecule has 0 radical (unpaired) electrons. The van der Waals surface area contributed by atoms with Gasteiger partial charge in [0.1, 0.15) is 5.75 Å². The number of hydrogen-bond donors (Lipinski definition) is 1. The Morgan fingerprint density at radius 2 is 2.14 bits per heavy atom. The number of amides is 1. The summed E-state index contributed by atoms with van der Waals surface area (Å²) in [7, 11) is 1.62. The molecule has 2 aromatic carbocycles. The van der Waals surface area contributed by atoms with E-state index in [0.717, 1.165) is 46.2 Å². The number of nitrogens with one attached hydrogen (secondary N) is 1. The molecule has 28 heavy (non-hydrogen) atoms. The molecule has 1 N–H and O–H groups in total. The van der Waals surface area contributed by atoms with Crippen molar-refractivity contribution in [2.45, 2.75) is 25.3 Å². The Balaban J connectivity index is 1.55. The van der Waals surface area contributed by atoms with E-state index < -0.39 is 0 Å². The highest BCUT2D eigenvalue weighted by Crippen LogP contribution is 2.26. The van der Waals surface area contributed by atoms with E-state index in [-0.39, 0.29) is 17.6 Å². The van der Waals surface area contributed by atoms with E-state index in [2.05, 4.69) is 20.9 Å². The molecule has 1 aliphatic heterocycles. The van der Waals surface area contributed by atoms with Crippen LogP contribution in [-0.4, -0.2) is 40.6 Å². The largest absolute Gasteiger partial charge is 0.497 e. The van der Waals surface area contributed by atoms with Gasteiger partial charge in [0.2, 0.25) is 5.91 Å². The normalized spacial score (nSPS) is 17.1. The van der Waals surface area contributed by atoms with E-state index in [9.17, 15) is 9.59 Å². The minimum atomic E-state index is -0.125. The second-order valence-corrected chi connectivity index (χ2v) is 8.04. The number of aromatic amines is 1. The summed E-state index contributed by atoms with van der Waals surface area (Å²) >= 11 is 3.48. The number of hydrogen-bond acceptors (Lipinski definition) is 3. The van der Waals surface area contributed by atoms with E-state index in [1.54, 1.807) is 11.7 Å². The summed E-state index contributed by atoms with van der Waals surface area (Å²) in [5, 5.41) is 0. The molecule has 1 aliphatic rings. The molecule has 4 rings (SSSR count). The third kappa shape index (κ3) is 3.71. The molecule has 0 spiro atoms.